The molecule has 0 saturated carbocycles. The first-order valence-corrected chi connectivity index (χ1v) is 19.7. The Bertz CT molecular complexity index is 1990. The molecule has 0 bridgehead atoms. The Labute approximate surface area is 309 Å². The molecule has 0 aromatic heterocycles. The van der Waals surface area contributed by atoms with Gasteiger partial charge in [0.1, 0.15) is 5.75 Å². The van der Waals surface area contributed by atoms with Crippen LogP contribution in [0, 0.1) is 17.8 Å². The van der Waals surface area contributed by atoms with E-state index >= 15 is 0 Å². The number of imide groups is 1. The lowest BCUT2D eigenvalue weighted by Crippen LogP contribution is -2.66. The second-order valence-electron chi connectivity index (χ2n) is 14.9. The van der Waals surface area contributed by atoms with Gasteiger partial charge in [0.05, 0.1) is 30.2 Å². The summed E-state index contributed by atoms with van der Waals surface area (Å²) in [5, 5.41) is 43.7. The van der Waals surface area contributed by atoms with Gasteiger partial charge in [-0.05, 0) is 80.5 Å². The van der Waals surface area contributed by atoms with Crippen LogP contribution in [0.4, 0.5) is 5.69 Å². The van der Waals surface area contributed by atoms with Gasteiger partial charge in [-0.3, -0.25) is 14.5 Å². The van der Waals surface area contributed by atoms with E-state index in [1.165, 1.54) is 24.3 Å². The summed E-state index contributed by atoms with van der Waals surface area (Å²) in [5.74, 6) is -3.04. The van der Waals surface area contributed by atoms with Crippen molar-refractivity contribution >= 4 is 67.5 Å². The van der Waals surface area contributed by atoms with E-state index in [1.807, 2.05) is 36.4 Å². The highest BCUT2D eigenvalue weighted by molar-refractivity contribution is 6.99. The van der Waals surface area contributed by atoms with Gasteiger partial charge in [0.15, 0.2) is 0 Å². The monoisotopic (exact) mass is 735 g/mol. The lowest BCUT2D eigenvalue weighted by molar-refractivity contribution is -0.123. The largest absolute Gasteiger partial charge is 0.508 e. The topological polar surface area (TPSA) is 137 Å². The summed E-state index contributed by atoms with van der Waals surface area (Å²) in [4.78, 5) is 29.9. The van der Waals surface area contributed by atoms with Gasteiger partial charge in [-0.2, -0.15) is 0 Å². The van der Waals surface area contributed by atoms with Gasteiger partial charge in [0, 0.05) is 5.02 Å². The van der Waals surface area contributed by atoms with Crippen molar-refractivity contribution in [2.45, 2.75) is 44.8 Å². The van der Waals surface area contributed by atoms with Gasteiger partial charge >= 0.3 is 14.2 Å². The molecule has 2 heterocycles. The minimum atomic E-state index is -3.05. The first kappa shape index (κ1) is 36.4. The van der Waals surface area contributed by atoms with E-state index in [-0.39, 0.29) is 46.4 Å². The van der Waals surface area contributed by atoms with E-state index in [4.69, 9.17) is 20.7 Å². The van der Waals surface area contributed by atoms with E-state index < -0.39 is 58.2 Å². The fraction of sp³-hybridized carbons (Fsp3) is 0.282. The van der Waals surface area contributed by atoms with Crippen LogP contribution >= 0.6 is 11.6 Å². The minimum Gasteiger partial charge on any atom is -0.508 e. The molecule has 4 atom stereocenters. The average Bonchev–Trinajstić information content (AvgIpc) is 3.37. The maximum atomic E-state index is 14.4. The van der Waals surface area contributed by atoms with Gasteiger partial charge in [0.2, 0.25) is 11.8 Å². The van der Waals surface area contributed by atoms with Crippen LogP contribution in [-0.4, -0.2) is 61.2 Å². The van der Waals surface area contributed by atoms with Crippen LogP contribution in [0.25, 0.3) is 0 Å². The predicted octanol–water partition coefficient (Wildman–Crippen LogP) is 3.91. The highest BCUT2D eigenvalue weighted by Crippen LogP contribution is 2.53. The Morgan fingerprint density at radius 1 is 0.904 bits per heavy atom. The molecule has 7 rings (SSSR count). The molecule has 3 aliphatic rings. The lowest BCUT2D eigenvalue weighted by atomic mass is 9.55. The van der Waals surface area contributed by atoms with E-state index in [1.54, 1.807) is 18.2 Å². The van der Waals surface area contributed by atoms with Crippen molar-refractivity contribution in [1.29, 1.82) is 0 Å². The molecule has 266 valence electrons. The molecule has 0 spiro atoms. The van der Waals surface area contributed by atoms with Crippen LogP contribution < -0.4 is 20.7 Å². The van der Waals surface area contributed by atoms with E-state index in [2.05, 4.69) is 45.0 Å². The van der Waals surface area contributed by atoms with Crippen LogP contribution in [0.1, 0.15) is 45.3 Å². The summed E-state index contributed by atoms with van der Waals surface area (Å²) < 4.78 is 13.6. The van der Waals surface area contributed by atoms with Crippen LogP contribution in [0.2, 0.25) is 10.1 Å². The van der Waals surface area contributed by atoms with Gasteiger partial charge in [-0.25, -0.2) is 0 Å². The number of amides is 2. The number of benzene rings is 4. The molecule has 2 saturated heterocycles. The molecule has 2 amide bonds. The number of aromatic hydroxyl groups is 1. The third-order valence-electron chi connectivity index (χ3n) is 10.8. The number of carbonyl (C=O) groups excluding carboxylic acids is 2. The van der Waals surface area contributed by atoms with E-state index in [0.29, 0.717) is 16.6 Å². The second kappa shape index (κ2) is 14.1. The number of anilines is 1. The number of nitrogens with zero attached hydrogens (tertiary/aromatic N) is 1. The summed E-state index contributed by atoms with van der Waals surface area (Å²) in [6, 6.07) is 31.0. The van der Waals surface area contributed by atoms with Crippen LogP contribution in [0.3, 0.4) is 0 Å². The number of allylic oxidation sites excluding steroid dienone is 1. The van der Waals surface area contributed by atoms with E-state index in [9.17, 15) is 29.8 Å². The summed E-state index contributed by atoms with van der Waals surface area (Å²) in [6.45, 7) is 6.63. The summed E-state index contributed by atoms with van der Waals surface area (Å²) in [6.07, 6.45) is -0.328. The van der Waals surface area contributed by atoms with Crippen LogP contribution in [0.15, 0.2) is 114 Å². The lowest BCUT2D eigenvalue weighted by Gasteiger charge is -2.45. The van der Waals surface area contributed by atoms with Gasteiger partial charge < -0.3 is 29.3 Å². The van der Waals surface area contributed by atoms with Crippen molar-refractivity contribution in [3.8, 4) is 5.75 Å². The number of fused-ring (bicyclic) bond motifs is 3. The quantitative estimate of drug-likeness (QED) is 0.158. The molecule has 4 aromatic rings. The molecule has 9 nitrogen and oxygen atoms in total. The maximum absolute atomic E-state index is 14.4. The molecule has 2 aliphatic heterocycles. The first-order valence-electron chi connectivity index (χ1n) is 17.4. The summed E-state index contributed by atoms with van der Waals surface area (Å²) in [7, 11) is -6.25. The first-order chi connectivity index (χ1) is 24.8. The third-order valence-corrected chi connectivity index (χ3v) is 16.2. The Morgan fingerprint density at radius 2 is 1.56 bits per heavy atom. The Balaban J connectivity index is 1.33. The number of halogens is 1. The number of hydrogen-bond donors (Lipinski definition) is 4. The highest BCUT2D eigenvalue weighted by Gasteiger charge is 2.59. The normalized spacial score (nSPS) is 22.1. The molecule has 0 radical (unpaired) electrons. The fourth-order valence-electron chi connectivity index (χ4n) is 8.56. The van der Waals surface area contributed by atoms with Crippen molar-refractivity contribution in [2.75, 3.05) is 11.5 Å². The summed E-state index contributed by atoms with van der Waals surface area (Å²) >= 11 is 6.56. The molecule has 1 aliphatic carbocycles. The molecule has 4 N–H and O–H groups in total. The molecular weight excluding hydrogens is 696 g/mol. The predicted molar refractivity (Wildman–Crippen MR) is 204 cm³/mol. The van der Waals surface area contributed by atoms with Crippen molar-refractivity contribution in [3.05, 3.63) is 125 Å². The standard InChI is InChI=1S/C39H40B2ClNO8Si/c1-39(2,3)52(28-13-6-4-7-14-28,29-15-8-5-9-16-29)50-23-24-19-32-35(38(46)43(37(32)45)26-12-10-11-25(20-26)40(47)48)31-22-34(51-41(49)36(24)31)30-18-17-27(44)21-33(30)42/h4-18,20-21,31-32,34-35,44,47-49H,19,22-23H2,1-3H3/t31-,32-,34-,35+/m0/s1. The number of phenols is 1. The molecule has 52 heavy (non-hydrogen) atoms. The Hall–Kier alpha value is -4.00. The Kier molecular flexibility index (Phi) is 9.85. The van der Waals surface area contributed by atoms with Crippen molar-refractivity contribution in [3.63, 3.8) is 0 Å². The molecule has 13 heteroatoms. The second-order valence-corrected chi connectivity index (χ2v) is 19.6. The SMILES string of the molecule is CC(C)(C)[Si](OCC1=C2B(O)O[C@H](c3ccc(O)cc3Cl)C[C@H]2[C@H]2C(=O)N(c3cccc(B(O)O)c3)C(=O)[C@H]2C1)(c1ccccc1)c1ccccc1. The van der Waals surface area contributed by atoms with Crippen molar-refractivity contribution in [1.82, 2.24) is 0 Å². The summed E-state index contributed by atoms with van der Waals surface area (Å²) in [5.41, 5.74) is 2.18. The minimum absolute atomic E-state index is 0.0198. The number of hydrogen-bond acceptors (Lipinski definition) is 8. The Morgan fingerprint density at radius 3 is 2.15 bits per heavy atom. The number of phenolic OH excluding ortho intramolecular Hbond substituents is 1. The third kappa shape index (κ3) is 6.26. The zero-order valence-electron chi connectivity index (χ0n) is 29.1. The van der Waals surface area contributed by atoms with Gasteiger partial charge in [-0.15, -0.1) is 0 Å². The molecule has 4 aromatic carbocycles. The van der Waals surface area contributed by atoms with E-state index in [0.717, 1.165) is 15.3 Å². The van der Waals surface area contributed by atoms with Crippen molar-refractivity contribution in [2.24, 2.45) is 17.8 Å². The number of rotatable bonds is 8. The average molecular weight is 736 g/mol. The maximum Gasteiger partial charge on any atom is 0.488 e. The zero-order valence-corrected chi connectivity index (χ0v) is 30.9. The zero-order chi connectivity index (χ0) is 36.9. The molecule has 0 unspecified atom stereocenters. The molecule has 2 fully saturated rings. The van der Waals surface area contributed by atoms with Crippen molar-refractivity contribution < 1.29 is 38.8 Å². The number of carbonyl (C=O) groups is 2. The molecular formula is C39H40B2ClNO8Si. The van der Waals surface area contributed by atoms with Crippen LogP contribution in [0.5, 0.6) is 5.75 Å². The van der Waals surface area contributed by atoms with Crippen LogP contribution in [-0.2, 0) is 18.7 Å². The smallest absolute Gasteiger partial charge is 0.488 e. The highest BCUT2D eigenvalue weighted by atomic mass is 35.5. The van der Waals surface area contributed by atoms with Gasteiger partial charge in [-0.1, -0.05) is 111 Å². The fourth-order valence-corrected chi connectivity index (χ4v) is 13.4. The van der Waals surface area contributed by atoms with Gasteiger partial charge in [0.25, 0.3) is 8.32 Å².